The first-order valence-corrected chi connectivity index (χ1v) is 11.6. The van der Waals surface area contributed by atoms with Gasteiger partial charge in [-0.1, -0.05) is 18.2 Å². The summed E-state index contributed by atoms with van der Waals surface area (Å²) >= 11 is 0. The normalized spacial score (nSPS) is 17.4. The van der Waals surface area contributed by atoms with E-state index in [1.807, 2.05) is 36.7 Å². The Morgan fingerprint density at radius 2 is 1.85 bits per heavy atom. The lowest BCUT2D eigenvalue weighted by Gasteiger charge is -2.30. The Kier molecular flexibility index (Phi) is 4.63. The number of H-pyrrole nitrogens is 1. The summed E-state index contributed by atoms with van der Waals surface area (Å²) < 4.78 is 0. The highest BCUT2D eigenvalue weighted by molar-refractivity contribution is 5.98. The van der Waals surface area contributed by atoms with Crippen molar-refractivity contribution in [2.75, 3.05) is 27.7 Å². The van der Waals surface area contributed by atoms with E-state index in [2.05, 4.69) is 35.1 Å². The topological polar surface area (TPSA) is 52.2 Å². The van der Waals surface area contributed by atoms with Crippen LogP contribution >= 0.6 is 0 Å². The summed E-state index contributed by atoms with van der Waals surface area (Å²) in [7, 11) is 5.77. The first-order valence-electron chi connectivity index (χ1n) is 11.6. The van der Waals surface area contributed by atoms with E-state index in [1.165, 1.54) is 36.1 Å². The van der Waals surface area contributed by atoms with E-state index in [0.29, 0.717) is 11.5 Å². The molecular formula is C28H28N4O. The van der Waals surface area contributed by atoms with E-state index in [1.54, 1.807) is 24.6 Å². The van der Waals surface area contributed by atoms with E-state index in [4.69, 9.17) is 4.98 Å². The molecule has 0 saturated carbocycles. The number of aryl methyl sites for hydroxylation is 1. The maximum atomic E-state index is 12.2. The molecule has 1 amide bonds. The molecular weight excluding hydrogens is 408 g/mol. The zero-order valence-corrected chi connectivity index (χ0v) is 19.4. The van der Waals surface area contributed by atoms with Crippen molar-refractivity contribution >= 4 is 16.9 Å². The SMILES string of the molecule is CN1Cc2cc(-c3cnc4[nH]cc(-c5ccc(C(=O)N(C)C)cc5)c4c3)cc3c2C(CC3)C1. The van der Waals surface area contributed by atoms with Crippen LogP contribution in [0.4, 0.5) is 0 Å². The highest BCUT2D eigenvalue weighted by atomic mass is 16.2. The highest BCUT2D eigenvalue weighted by Gasteiger charge is 2.31. The largest absolute Gasteiger partial charge is 0.346 e. The number of amides is 1. The summed E-state index contributed by atoms with van der Waals surface area (Å²) in [6.45, 7) is 2.20. The maximum Gasteiger partial charge on any atom is 0.253 e. The average Bonchev–Trinajstić information content (AvgIpc) is 3.43. The maximum absolute atomic E-state index is 12.2. The van der Waals surface area contributed by atoms with E-state index < -0.39 is 0 Å². The quantitative estimate of drug-likeness (QED) is 0.488. The Bertz CT molecular complexity index is 1380. The molecule has 2 aliphatic rings. The molecule has 1 atom stereocenters. The van der Waals surface area contributed by atoms with Crippen molar-refractivity contribution in [3.63, 3.8) is 0 Å². The van der Waals surface area contributed by atoms with Crippen molar-refractivity contribution < 1.29 is 4.79 Å². The Labute approximate surface area is 194 Å². The van der Waals surface area contributed by atoms with Gasteiger partial charge in [-0.15, -0.1) is 0 Å². The van der Waals surface area contributed by atoms with Crippen LogP contribution in [0.1, 0.15) is 39.4 Å². The summed E-state index contributed by atoms with van der Waals surface area (Å²) in [5, 5.41) is 1.10. The predicted molar refractivity (Wildman–Crippen MR) is 132 cm³/mol. The van der Waals surface area contributed by atoms with Gasteiger partial charge in [0.15, 0.2) is 0 Å². The number of hydrogen-bond donors (Lipinski definition) is 1. The summed E-state index contributed by atoms with van der Waals surface area (Å²) in [5.74, 6) is 0.708. The molecule has 33 heavy (non-hydrogen) atoms. The molecule has 0 saturated heterocycles. The van der Waals surface area contributed by atoms with Crippen molar-refractivity contribution in [2.45, 2.75) is 25.3 Å². The molecule has 1 aliphatic heterocycles. The third kappa shape index (κ3) is 3.35. The van der Waals surface area contributed by atoms with E-state index >= 15 is 0 Å². The molecule has 2 aromatic heterocycles. The second kappa shape index (κ2) is 7.56. The second-order valence-electron chi connectivity index (χ2n) is 9.74. The number of likely N-dealkylation sites (N-methyl/N-ethyl adjacent to an activating group) is 1. The zero-order valence-electron chi connectivity index (χ0n) is 19.4. The van der Waals surface area contributed by atoms with Gasteiger partial charge in [0.25, 0.3) is 5.91 Å². The van der Waals surface area contributed by atoms with Gasteiger partial charge in [-0.2, -0.15) is 0 Å². The smallest absolute Gasteiger partial charge is 0.253 e. The third-order valence-corrected chi connectivity index (χ3v) is 7.21. The molecule has 5 heteroatoms. The molecule has 0 spiro atoms. The molecule has 1 aliphatic carbocycles. The highest BCUT2D eigenvalue weighted by Crippen LogP contribution is 2.42. The third-order valence-electron chi connectivity index (χ3n) is 7.21. The number of nitrogens with one attached hydrogen (secondary N) is 1. The molecule has 0 radical (unpaired) electrons. The second-order valence-corrected chi connectivity index (χ2v) is 9.74. The lowest BCUT2D eigenvalue weighted by Crippen LogP contribution is -2.29. The molecule has 5 nitrogen and oxygen atoms in total. The number of fused-ring (bicyclic) bond motifs is 1. The van der Waals surface area contributed by atoms with Gasteiger partial charge < -0.3 is 14.8 Å². The number of nitrogens with zero attached hydrogens (tertiary/aromatic N) is 3. The number of aromatic amines is 1. The fourth-order valence-corrected chi connectivity index (χ4v) is 5.65. The Hall–Kier alpha value is -3.44. The van der Waals surface area contributed by atoms with Gasteiger partial charge in [-0.05, 0) is 77.9 Å². The number of benzene rings is 2. The van der Waals surface area contributed by atoms with Crippen LogP contribution in [0.15, 0.2) is 54.9 Å². The molecule has 6 rings (SSSR count). The standard InChI is InChI=1S/C28H28N4O/c1-31(2)28(33)18-6-4-17(5-7-18)25-14-30-27-24(25)12-22(13-29-27)21-10-19-8-9-20-15-32(3)16-23(11-21)26(19)20/h4-7,10-14,20H,8-9,15-16H2,1-3H3,(H,29,30). The molecule has 2 aromatic carbocycles. The van der Waals surface area contributed by atoms with Gasteiger partial charge in [0, 0.05) is 61.7 Å². The van der Waals surface area contributed by atoms with Gasteiger partial charge in [0.05, 0.1) is 0 Å². The molecule has 1 N–H and O–H groups in total. The van der Waals surface area contributed by atoms with Crippen LogP contribution in [0.3, 0.4) is 0 Å². The van der Waals surface area contributed by atoms with Crippen molar-refractivity contribution in [3.05, 3.63) is 77.1 Å². The minimum atomic E-state index is 0.0119. The van der Waals surface area contributed by atoms with E-state index in [-0.39, 0.29) is 5.91 Å². The average molecular weight is 437 g/mol. The van der Waals surface area contributed by atoms with Crippen molar-refractivity contribution in [1.29, 1.82) is 0 Å². The van der Waals surface area contributed by atoms with Crippen LogP contribution in [-0.4, -0.2) is 53.4 Å². The number of carbonyl (C=O) groups excluding carboxylic acids is 1. The molecule has 3 heterocycles. The van der Waals surface area contributed by atoms with Gasteiger partial charge in [-0.25, -0.2) is 4.98 Å². The molecule has 166 valence electrons. The van der Waals surface area contributed by atoms with Gasteiger partial charge >= 0.3 is 0 Å². The number of carbonyl (C=O) groups is 1. The summed E-state index contributed by atoms with van der Waals surface area (Å²) in [4.78, 5) is 24.3. The Balaban J connectivity index is 1.40. The fraction of sp³-hybridized carbons (Fsp3) is 0.286. The van der Waals surface area contributed by atoms with Gasteiger partial charge in [0.1, 0.15) is 5.65 Å². The zero-order chi connectivity index (χ0) is 22.7. The van der Waals surface area contributed by atoms with Gasteiger partial charge in [-0.3, -0.25) is 4.79 Å². The number of rotatable bonds is 3. The molecule has 4 aromatic rings. The lowest BCUT2D eigenvalue weighted by molar-refractivity contribution is 0.0827. The van der Waals surface area contributed by atoms with Crippen LogP contribution < -0.4 is 0 Å². The lowest BCUT2D eigenvalue weighted by atomic mass is 9.89. The minimum absolute atomic E-state index is 0.0119. The fourth-order valence-electron chi connectivity index (χ4n) is 5.65. The minimum Gasteiger partial charge on any atom is -0.346 e. The van der Waals surface area contributed by atoms with Crippen LogP contribution in [0.25, 0.3) is 33.3 Å². The van der Waals surface area contributed by atoms with Crippen molar-refractivity contribution in [2.24, 2.45) is 0 Å². The Morgan fingerprint density at radius 3 is 2.64 bits per heavy atom. The summed E-state index contributed by atoms with van der Waals surface area (Å²) in [5.41, 5.74) is 10.8. The van der Waals surface area contributed by atoms with Crippen molar-refractivity contribution in [3.8, 4) is 22.3 Å². The van der Waals surface area contributed by atoms with E-state index in [9.17, 15) is 4.79 Å². The first-order chi connectivity index (χ1) is 16.0. The van der Waals surface area contributed by atoms with Crippen molar-refractivity contribution in [1.82, 2.24) is 19.8 Å². The number of pyridine rings is 1. The number of aromatic nitrogens is 2. The summed E-state index contributed by atoms with van der Waals surface area (Å²) in [6.07, 6.45) is 6.44. The van der Waals surface area contributed by atoms with Crippen LogP contribution in [0, 0.1) is 0 Å². The molecule has 1 unspecified atom stereocenters. The van der Waals surface area contributed by atoms with Crippen LogP contribution in [0.5, 0.6) is 0 Å². The predicted octanol–water partition coefficient (Wildman–Crippen LogP) is 5.07. The Morgan fingerprint density at radius 1 is 1.06 bits per heavy atom. The van der Waals surface area contributed by atoms with E-state index in [0.717, 1.165) is 34.3 Å². The van der Waals surface area contributed by atoms with Gasteiger partial charge in [0.2, 0.25) is 0 Å². The summed E-state index contributed by atoms with van der Waals surface area (Å²) in [6, 6.07) is 14.8. The molecule has 0 bridgehead atoms. The monoisotopic (exact) mass is 436 g/mol. The molecule has 0 fully saturated rings. The number of hydrogen-bond acceptors (Lipinski definition) is 3. The van der Waals surface area contributed by atoms with Crippen LogP contribution in [0.2, 0.25) is 0 Å². The van der Waals surface area contributed by atoms with Crippen LogP contribution in [-0.2, 0) is 13.0 Å². The first kappa shape index (κ1) is 20.2.